The minimum Gasteiger partial charge on any atom is -0.323 e. The maximum atomic E-state index is 11.5. The van der Waals surface area contributed by atoms with E-state index in [9.17, 15) is 4.79 Å². The molecule has 0 radical (unpaired) electrons. The quantitative estimate of drug-likeness (QED) is 0.232. The van der Waals surface area contributed by atoms with Crippen molar-refractivity contribution in [2.24, 2.45) is 0 Å². The molecule has 2 atom stereocenters. The minimum absolute atomic E-state index is 0.0714. The number of halogens is 1. The van der Waals surface area contributed by atoms with Crippen LogP contribution in [0.3, 0.4) is 0 Å². The predicted molar refractivity (Wildman–Crippen MR) is 144 cm³/mol. The molecule has 0 aromatic heterocycles. The molecule has 0 bridgehead atoms. The van der Waals surface area contributed by atoms with Crippen molar-refractivity contribution < 1.29 is 4.79 Å². The summed E-state index contributed by atoms with van der Waals surface area (Å²) in [6.45, 7) is 18.1. The van der Waals surface area contributed by atoms with Crippen LogP contribution in [0.15, 0.2) is 60.2 Å². The summed E-state index contributed by atoms with van der Waals surface area (Å²) in [7, 11) is 2.15. The number of nitrogens with one attached hydrogen (secondary N) is 1. The number of hydrogen-bond acceptors (Lipinski definition) is 2. The number of benzene rings is 1. The largest absolute Gasteiger partial charge is 0.323 e. The molecular weight excluding hydrogens is 416 g/mol. The Kier molecular flexibility index (Phi) is 15.0. The summed E-state index contributed by atoms with van der Waals surface area (Å²) >= 11 is 5.86. The van der Waals surface area contributed by atoms with E-state index >= 15 is 0 Å². The van der Waals surface area contributed by atoms with Crippen molar-refractivity contribution in [1.82, 2.24) is 4.90 Å². The van der Waals surface area contributed by atoms with Gasteiger partial charge in [0, 0.05) is 17.1 Å². The Morgan fingerprint density at radius 2 is 1.84 bits per heavy atom. The molecule has 1 N–H and O–H groups in total. The first-order valence-corrected chi connectivity index (χ1v) is 12.1. The SMILES string of the molecule is C/C=C(\C/C=C\C(C)Cl)C(C)N(C)CC.CC/C=C/C(=O)Nc1cccc(C(C)(C)C)c1. The Balaban J connectivity index is 0.000000607. The molecule has 0 aliphatic heterocycles. The van der Waals surface area contributed by atoms with Crippen molar-refractivity contribution in [2.45, 2.75) is 85.1 Å². The van der Waals surface area contributed by atoms with Crippen LogP contribution in [0.4, 0.5) is 5.69 Å². The van der Waals surface area contributed by atoms with Gasteiger partial charge in [0.1, 0.15) is 0 Å². The lowest BCUT2D eigenvalue weighted by atomic mass is 9.87. The highest BCUT2D eigenvalue weighted by molar-refractivity contribution is 6.21. The van der Waals surface area contributed by atoms with Crippen molar-refractivity contribution in [3.63, 3.8) is 0 Å². The molecule has 0 saturated carbocycles. The van der Waals surface area contributed by atoms with E-state index in [2.05, 4.69) is 77.0 Å². The average Bonchev–Trinajstić information content (AvgIpc) is 2.74. The first-order chi connectivity index (χ1) is 15.0. The molecule has 0 aliphatic rings. The van der Waals surface area contributed by atoms with Crippen LogP contribution < -0.4 is 5.32 Å². The number of carbonyl (C=O) groups is 1. The van der Waals surface area contributed by atoms with E-state index in [4.69, 9.17) is 11.6 Å². The molecule has 180 valence electrons. The lowest BCUT2D eigenvalue weighted by Crippen LogP contribution is -2.30. The topological polar surface area (TPSA) is 32.3 Å². The Hall–Kier alpha value is -1.84. The van der Waals surface area contributed by atoms with E-state index in [1.807, 2.05) is 44.2 Å². The Labute approximate surface area is 202 Å². The minimum atomic E-state index is -0.0714. The monoisotopic (exact) mass is 460 g/mol. The van der Waals surface area contributed by atoms with E-state index in [-0.39, 0.29) is 16.7 Å². The fourth-order valence-electron chi connectivity index (χ4n) is 2.95. The number of allylic oxidation sites excluding steroid dienone is 4. The highest BCUT2D eigenvalue weighted by Gasteiger charge is 2.13. The third kappa shape index (κ3) is 12.9. The van der Waals surface area contributed by atoms with Crippen molar-refractivity contribution >= 4 is 23.2 Å². The zero-order valence-corrected chi connectivity index (χ0v) is 22.5. The fourth-order valence-corrected chi connectivity index (χ4v) is 3.05. The molecule has 0 fully saturated rings. The smallest absolute Gasteiger partial charge is 0.248 e. The summed E-state index contributed by atoms with van der Waals surface area (Å²) in [6.07, 6.45) is 11.7. The van der Waals surface area contributed by atoms with Gasteiger partial charge >= 0.3 is 0 Å². The Bertz CT molecular complexity index is 757. The summed E-state index contributed by atoms with van der Waals surface area (Å²) < 4.78 is 0. The van der Waals surface area contributed by atoms with Crippen LogP contribution in [0, 0.1) is 0 Å². The van der Waals surface area contributed by atoms with Crippen LogP contribution in [-0.4, -0.2) is 35.8 Å². The maximum absolute atomic E-state index is 11.5. The van der Waals surface area contributed by atoms with Gasteiger partial charge in [-0.2, -0.15) is 0 Å². The van der Waals surface area contributed by atoms with E-state index in [1.165, 1.54) is 11.1 Å². The van der Waals surface area contributed by atoms with Crippen molar-refractivity contribution in [3.05, 3.63) is 65.8 Å². The van der Waals surface area contributed by atoms with Crippen LogP contribution in [0.5, 0.6) is 0 Å². The number of nitrogens with zero attached hydrogens (tertiary/aromatic N) is 1. The summed E-state index contributed by atoms with van der Waals surface area (Å²) in [5.74, 6) is -0.0714. The van der Waals surface area contributed by atoms with Crippen LogP contribution in [0.1, 0.15) is 73.8 Å². The van der Waals surface area contributed by atoms with E-state index in [0.717, 1.165) is 25.1 Å². The molecule has 32 heavy (non-hydrogen) atoms. The Morgan fingerprint density at radius 1 is 1.19 bits per heavy atom. The van der Waals surface area contributed by atoms with Gasteiger partial charge in [-0.1, -0.05) is 76.6 Å². The van der Waals surface area contributed by atoms with Crippen LogP contribution in [0.2, 0.25) is 0 Å². The summed E-state index contributed by atoms with van der Waals surface area (Å²) in [5.41, 5.74) is 3.62. The number of hydrogen-bond donors (Lipinski definition) is 1. The standard InChI is InChI=1S/C15H21NO.C13H24ClN/c1-5-6-10-14(17)16-13-9-7-8-12(11-13)15(2,3)4;1-6-13(10-8-9-11(3)14)12(4)15(5)7-2/h6-11H,5H2,1-4H3,(H,16,17);6,8-9,11-12H,7,10H2,1-5H3/b10-6+;9-8-,13-6+. The first-order valence-electron chi connectivity index (χ1n) is 11.7. The van der Waals surface area contributed by atoms with Gasteiger partial charge in [-0.25, -0.2) is 0 Å². The third-order valence-electron chi connectivity index (χ3n) is 5.32. The first kappa shape index (κ1) is 30.2. The van der Waals surface area contributed by atoms with Crippen molar-refractivity contribution in [2.75, 3.05) is 18.9 Å². The summed E-state index contributed by atoms with van der Waals surface area (Å²) in [6, 6.07) is 8.50. The number of rotatable bonds is 9. The maximum Gasteiger partial charge on any atom is 0.248 e. The van der Waals surface area contributed by atoms with Crippen molar-refractivity contribution in [1.29, 1.82) is 0 Å². The lowest BCUT2D eigenvalue weighted by molar-refractivity contribution is -0.111. The van der Waals surface area contributed by atoms with Crippen molar-refractivity contribution in [3.8, 4) is 0 Å². The van der Waals surface area contributed by atoms with Gasteiger partial charge in [-0.05, 0) is 76.4 Å². The second-order valence-electron chi connectivity index (χ2n) is 9.05. The van der Waals surface area contributed by atoms with E-state index < -0.39 is 0 Å². The van der Waals surface area contributed by atoms with Gasteiger partial charge in [-0.15, -0.1) is 11.6 Å². The van der Waals surface area contributed by atoms with Gasteiger partial charge < -0.3 is 10.2 Å². The van der Waals surface area contributed by atoms with Crippen LogP contribution in [0.25, 0.3) is 0 Å². The fraction of sp³-hybridized carbons (Fsp3) is 0.536. The molecule has 1 rings (SSSR count). The molecule has 0 heterocycles. The highest BCUT2D eigenvalue weighted by atomic mass is 35.5. The zero-order chi connectivity index (χ0) is 24.7. The van der Waals surface area contributed by atoms with E-state index in [0.29, 0.717) is 6.04 Å². The Morgan fingerprint density at radius 3 is 2.34 bits per heavy atom. The van der Waals surface area contributed by atoms with E-state index in [1.54, 1.807) is 6.08 Å². The number of amides is 1. The molecular formula is C28H45ClN2O. The number of anilines is 1. The third-order valence-corrected chi connectivity index (χ3v) is 5.47. The molecule has 4 heteroatoms. The molecule has 1 aromatic rings. The van der Waals surface area contributed by atoms with Gasteiger partial charge in [0.05, 0.1) is 0 Å². The van der Waals surface area contributed by atoms with Crippen LogP contribution >= 0.6 is 11.6 Å². The second kappa shape index (κ2) is 15.9. The predicted octanol–water partition coefficient (Wildman–Crippen LogP) is 7.74. The van der Waals surface area contributed by atoms with Gasteiger partial charge in [0.2, 0.25) is 5.91 Å². The van der Waals surface area contributed by atoms with Gasteiger partial charge in [0.15, 0.2) is 0 Å². The molecule has 1 aromatic carbocycles. The summed E-state index contributed by atoms with van der Waals surface area (Å²) in [4.78, 5) is 13.9. The van der Waals surface area contributed by atoms with Crippen LogP contribution in [-0.2, 0) is 10.2 Å². The van der Waals surface area contributed by atoms with Gasteiger partial charge in [-0.3, -0.25) is 4.79 Å². The second-order valence-corrected chi connectivity index (χ2v) is 9.74. The molecule has 0 aliphatic carbocycles. The average molecular weight is 461 g/mol. The molecule has 2 unspecified atom stereocenters. The number of carbonyl (C=O) groups excluding carboxylic acids is 1. The highest BCUT2D eigenvalue weighted by Crippen LogP contribution is 2.24. The molecule has 0 saturated heterocycles. The normalized spacial score (nSPS) is 14.4. The molecule has 3 nitrogen and oxygen atoms in total. The molecule has 0 spiro atoms. The molecule has 1 amide bonds. The number of likely N-dealkylation sites (N-methyl/N-ethyl adjacent to an activating group) is 1. The number of alkyl halides is 1. The lowest BCUT2D eigenvalue weighted by Gasteiger charge is -2.25. The summed E-state index contributed by atoms with van der Waals surface area (Å²) in [5, 5.41) is 2.99. The van der Waals surface area contributed by atoms with Gasteiger partial charge in [0.25, 0.3) is 0 Å². The zero-order valence-electron chi connectivity index (χ0n) is 21.7.